The van der Waals surface area contributed by atoms with Gasteiger partial charge in [-0.3, -0.25) is 0 Å². The summed E-state index contributed by atoms with van der Waals surface area (Å²) in [5, 5.41) is 0. The molecule has 0 N–H and O–H groups in total. The van der Waals surface area contributed by atoms with E-state index in [1.807, 2.05) is 7.11 Å². The number of piperazine rings is 1. The minimum absolute atomic E-state index is 0. The van der Waals surface area contributed by atoms with Crippen molar-refractivity contribution in [1.29, 1.82) is 0 Å². The largest absolute Gasteiger partial charge is 0.372 e. The average Bonchev–Trinajstić information content (AvgIpc) is 2.67. The lowest BCUT2D eigenvalue weighted by molar-refractivity contribution is 0.136. The summed E-state index contributed by atoms with van der Waals surface area (Å²) in [6.45, 7) is 3.22. The van der Waals surface area contributed by atoms with Crippen molar-refractivity contribution < 1.29 is 4.74 Å². The third-order valence-electron chi connectivity index (χ3n) is 4.99. The molecule has 2 aliphatic heterocycles. The summed E-state index contributed by atoms with van der Waals surface area (Å²) in [6.07, 6.45) is 0.0170. The number of hydrogen-bond acceptors (Lipinski definition) is 3. The summed E-state index contributed by atoms with van der Waals surface area (Å²) in [4.78, 5) is 4.99. The van der Waals surface area contributed by atoms with E-state index in [-0.39, 0.29) is 18.5 Å². The molecule has 2 heterocycles. The fourth-order valence-corrected chi connectivity index (χ4v) is 3.92. The summed E-state index contributed by atoms with van der Waals surface area (Å²) >= 11 is 0. The Bertz CT molecular complexity index is 691. The molecule has 0 bridgehead atoms. The number of fused-ring (bicyclic) bond motifs is 5. The molecule has 1 fully saturated rings. The lowest BCUT2D eigenvalue weighted by Crippen LogP contribution is -2.46. The Kier molecular flexibility index (Phi) is 4.62. The van der Waals surface area contributed by atoms with Crippen LogP contribution in [0.3, 0.4) is 0 Å². The Balaban J connectivity index is 0.00000156. The van der Waals surface area contributed by atoms with Crippen LogP contribution in [0.2, 0.25) is 0 Å². The van der Waals surface area contributed by atoms with Crippen LogP contribution in [0.5, 0.6) is 0 Å². The van der Waals surface area contributed by atoms with E-state index in [1.54, 1.807) is 0 Å². The minimum Gasteiger partial charge on any atom is -0.372 e. The quantitative estimate of drug-likeness (QED) is 0.793. The Hall–Kier alpha value is -1.55. The van der Waals surface area contributed by atoms with Crippen molar-refractivity contribution >= 4 is 18.1 Å². The van der Waals surface area contributed by atoms with Crippen molar-refractivity contribution in [2.45, 2.75) is 12.1 Å². The van der Waals surface area contributed by atoms with Gasteiger partial charge >= 0.3 is 0 Å². The van der Waals surface area contributed by atoms with Crippen molar-refractivity contribution in [1.82, 2.24) is 4.90 Å². The van der Waals surface area contributed by atoms with Gasteiger partial charge in [0, 0.05) is 38.0 Å². The summed E-state index contributed by atoms with van der Waals surface area (Å²) in [6, 6.07) is 17.9. The van der Waals surface area contributed by atoms with E-state index in [0.717, 1.165) is 19.6 Å². The zero-order chi connectivity index (χ0) is 15.1. The van der Waals surface area contributed by atoms with Crippen LogP contribution in [-0.2, 0) is 4.74 Å². The van der Waals surface area contributed by atoms with E-state index in [4.69, 9.17) is 4.74 Å². The molecule has 2 aliphatic rings. The van der Waals surface area contributed by atoms with Crippen molar-refractivity contribution in [3.05, 3.63) is 65.2 Å². The number of nitrogens with zero attached hydrogens (tertiary/aromatic N) is 2. The molecule has 0 saturated carbocycles. The van der Waals surface area contributed by atoms with Gasteiger partial charge in [-0.25, -0.2) is 0 Å². The second-order valence-corrected chi connectivity index (χ2v) is 6.27. The highest BCUT2D eigenvalue weighted by atomic mass is 35.5. The maximum atomic E-state index is 5.92. The second kappa shape index (κ2) is 6.52. The van der Waals surface area contributed by atoms with E-state index < -0.39 is 0 Å². The van der Waals surface area contributed by atoms with Crippen molar-refractivity contribution in [2.24, 2.45) is 0 Å². The number of rotatable bonds is 1. The Morgan fingerprint density at radius 3 is 2.30 bits per heavy atom. The Labute approximate surface area is 144 Å². The molecule has 2 aromatic rings. The predicted octanol–water partition coefficient (Wildman–Crippen LogP) is 3.65. The number of methoxy groups -OCH3 is 1. The Morgan fingerprint density at radius 1 is 0.913 bits per heavy atom. The molecule has 2 aromatic carbocycles. The van der Waals surface area contributed by atoms with Gasteiger partial charge in [0.1, 0.15) is 6.10 Å². The molecule has 122 valence electrons. The van der Waals surface area contributed by atoms with Gasteiger partial charge in [-0.15, -0.1) is 12.4 Å². The van der Waals surface area contributed by atoms with Crippen LogP contribution in [-0.4, -0.2) is 38.7 Å². The number of halogens is 1. The van der Waals surface area contributed by atoms with Crippen LogP contribution in [0.25, 0.3) is 0 Å². The fraction of sp³-hybridized carbons (Fsp3) is 0.368. The first kappa shape index (κ1) is 16.3. The van der Waals surface area contributed by atoms with Gasteiger partial charge < -0.3 is 14.5 Å². The zero-order valence-corrected chi connectivity index (χ0v) is 14.4. The fourth-order valence-electron chi connectivity index (χ4n) is 3.92. The predicted molar refractivity (Wildman–Crippen MR) is 96.6 cm³/mol. The molecule has 0 spiro atoms. The summed E-state index contributed by atoms with van der Waals surface area (Å²) in [5.41, 5.74) is 5.31. The molecule has 2 atom stereocenters. The Morgan fingerprint density at radius 2 is 1.57 bits per heavy atom. The highest BCUT2D eigenvalue weighted by Crippen LogP contribution is 2.44. The van der Waals surface area contributed by atoms with Crippen molar-refractivity contribution in [2.75, 3.05) is 38.7 Å². The SMILES string of the molecule is CO[C@@H]1c2ccccc2[C@@H]2CN(C)CCN2c2ccccc21.Cl. The minimum atomic E-state index is 0. The van der Waals surface area contributed by atoms with Crippen LogP contribution in [0, 0.1) is 0 Å². The normalized spacial score (nSPS) is 23.1. The van der Waals surface area contributed by atoms with Crippen LogP contribution in [0.1, 0.15) is 28.8 Å². The summed E-state index contributed by atoms with van der Waals surface area (Å²) in [5.74, 6) is 0. The molecule has 0 aromatic heterocycles. The number of likely N-dealkylation sites (N-methyl/N-ethyl adjacent to an activating group) is 1. The van der Waals surface area contributed by atoms with E-state index >= 15 is 0 Å². The van der Waals surface area contributed by atoms with E-state index in [1.165, 1.54) is 22.4 Å². The van der Waals surface area contributed by atoms with Crippen LogP contribution in [0.4, 0.5) is 5.69 Å². The van der Waals surface area contributed by atoms with Gasteiger partial charge in [-0.1, -0.05) is 42.5 Å². The first-order valence-corrected chi connectivity index (χ1v) is 7.95. The molecule has 4 rings (SSSR count). The molecule has 0 unspecified atom stereocenters. The molecule has 1 saturated heterocycles. The number of benzene rings is 2. The molecule has 0 aliphatic carbocycles. The molecular formula is C19H23ClN2O. The van der Waals surface area contributed by atoms with Gasteiger partial charge in [-0.05, 0) is 24.2 Å². The standard InChI is InChI=1S/C19H22N2O.ClH/c1-20-11-12-21-17-10-6-5-9-16(17)19(22-2)15-8-4-3-7-14(15)18(21)13-20;/h3-10,18-19H,11-13H2,1-2H3;1H/t18-,19+;/m0./s1. The van der Waals surface area contributed by atoms with E-state index in [2.05, 4.69) is 65.4 Å². The first-order valence-electron chi connectivity index (χ1n) is 7.95. The van der Waals surface area contributed by atoms with Gasteiger partial charge in [0.2, 0.25) is 0 Å². The van der Waals surface area contributed by atoms with Crippen molar-refractivity contribution in [3.63, 3.8) is 0 Å². The summed E-state index contributed by atoms with van der Waals surface area (Å²) in [7, 11) is 4.03. The molecule has 4 heteroatoms. The van der Waals surface area contributed by atoms with Crippen LogP contribution < -0.4 is 4.90 Å². The third-order valence-corrected chi connectivity index (χ3v) is 4.99. The topological polar surface area (TPSA) is 15.7 Å². The number of para-hydroxylation sites is 1. The lowest BCUT2D eigenvalue weighted by atomic mass is 9.94. The van der Waals surface area contributed by atoms with Crippen LogP contribution in [0.15, 0.2) is 48.5 Å². The highest BCUT2D eigenvalue weighted by molar-refractivity contribution is 5.85. The van der Waals surface area contributed by atoms with E-state index in [9.17, 15) is 0 Å². The molecule has 0 amide bonds. The maximum absolute atomic E-state index is 5.92. The molecule has 23 heavy (non-hydrogen) atoms. The number of hydrogen-bond donors (Lipinski definition) is 0. The molecule has 0 radical (unpaired) electrons. The van der Waals surface area contributed by atoms with Gasteiger partial charge in [-0.2, -0.15) is 0 Å². The first-order chi connectivity index (χ1) is 10.8. The van der Waals surface area contributed by atoms with Crippen LogP contribution >= 0.6 is 12.4 Å². The smallest absolute Gasteiger partial charge is 0.109 e. The number of ether oxygens (including phenoxy) is 1. The third kappa shape index (κ3) is 2.63. The molecule has 3 nitrogen and oxygen atoms in total. The molecular weight excluding hydrogens is 308 g/mol. The highest BCUT2D eigenvalue weighted by Gasteiger charge is 2.35. The average molecular weight is 331 g/mol. The maximum Gasteiger partial charge on any atom is 0.109 e. The van der Waals surface area contributed by atoms with Gasteiger partial charge in [0.25, 0.3) is 0 Å². The lowest BCUT2D eigenvalue weighted by Gasteiger charge is -2.41. The number of anilines is 1. The van der Waals surface area contributed by atoms with Gasteiger partial charge in [0.05, 0.1) is 6.04 Å². The van der Waals surface area contributed by atoms with Gasteiger partial charge in [0.15, 0.2) is 0 Å². The second-order valence-electron chi connectivity index (χ2n) is 6.27. The van der Waals surface area contributed by atoms with E-state index in [0.29, 0.717) is 6.04 Å². The van der Waals surface area contributed by atoms with Crippen molar-refractivity contribution in [3.8, 4) is 0 Å². The monoisotopic (exact) mass is 330 g/mol. The zero-order valence-electron chi connectivity index (χ0n) is 13.6. The summed E-state index contributed by atoms with van der Waals surface area (Å²) < 4.78 is 5.92.